The molecule has 0 unspecified atom stereocenters. The summed E-state index contributed by atoms with van der Waals surface area (Å²) >= 11 is 0. The first kappa shape index (κ1) is 8.89. The molecule has 0 aliphatic carbocycles. The van der Waals surface area contributed by atoms with E-state index < -0.39 is 0 Å². The van der Waals surface area contributed by atoms with Crippen molar-refractivity contribution in [3.63, 3.8) is 0 Å². The maximum Gasteiger partial charge on any atom is 0.119 e. The normalized spacial score (nSPS) is 10.1. The lowest BCUT2D eigenvalue weighted by molar-refractivity contribution is -0.107. The molecule has 0 aromatic heterocycles. The second kappa shape index (κ2) is 6.01. The lowest BCUT2D eigenvalue weighted by Gasteiger charge is -2.05. The SMILES string of the molecule is CC[Si](CC)CCC=O. The second-order valence-corrected chi connectivity index (χ2v) is 5.58. The Morgan fingerprint density at radius 1 is 1.33 bits per heavy atom. The maximum absolute atomic E-state index is 9.96. The first-order valence-corrected chi connectivity index (χ1v) is 5.74. The topological polar surface area (TPSA) is 17.1 Å². The Morgan fingerprint density at radius 3 is 2.22 bits per heavy atom. The summed E-state index contributed by atoms with van der Waals surface area (Å²) in [7, 11) is -0.117. The van der Waals surface area contributed by atoms with E-state index in [4.69, 9.17) is 0 Å². The summed E-state index contributed by atoms with van der Waals surface area (Å²) in [5, 5.41) is 0. The van der Waals surface area contributed by atoms with E-state index in [0.29, 0.717) is 0 Å². The predicted molar refractivity (Wildman–Crippen MR) is 42.2 cm³/mol. The van der Waals surface area contributed by atoms with Gasteiger partial charge < -0.3 is 4.79 Å². The Labute approximate surface area is 59.1 Å². The summed E-state index contributed by atoms with van der Waals surface area (Å²) in [5.74, 6) is 0. The molecule has 1 nitrogen and oxygen atoms in total. The zero-order valence-corrected chi connectivity index (χ0v) is 7.31. The molecule has 2 heteroatoms. The summed E-state index contributed by atoms with van der Waals surface area (Å²) in [6.45, 7) is 4.45. The Kier molecular flexibility index (Phi) is 5.94. The molecule has 0 amide bonds. The van der Waals surface area contributed by atoms with E-state index in [1.807, 2.05) is 0 Å². The second-order valence-electron chi connectivity index (χ2n) is 2.16. The van der Waals surface area contributed by atoms with Gasteiger partial charge in [0.25, 0.3) is 0 Å². The van der Waals surface area contributed by atoms with Gasteiger partial charge in [-0.3, -0.25) is 0 Å². The molecule has 0 aromatic carbocycles. The standard InChI is InChI=1S/C7H15OSi/c1-3-9(4-2)7-5-6-8/h6H,3-5,7H2,1-2H3. The van der Waals surface area contributed by atoms with Gasteiger partial charge in [-0.25, -0.2) is 0 Å². The summed E-state index contributed by atoms with van der Waals surface area (Å²) < 4.78 is 0. The van der Waals surface area contributed by atoms with Crippen molar-refractivity contribution in [2.45, 2.75) is 38.4 Å². The van der Waals surface area contributed by atoms with Crippen LogP contribution in [-0.4, -0.2) is 15.1 Å². The highest BCUT2D eigenvalue weighted by atomic mass is 28.3. The number of carbonyl (C=O) groups excluding carboxylic acids is 1. The fourth-order valence-electron chi connectivity index (χ4n) is 0.867. The van der Waals surface area contributed by atoms with Crippen LogP contribution in [0.1, 0.15) is 20.3 Å². The van der Waals surface area contributed by atoms with Crippen LogP contribution in [0.2, 0.25) is 18.1 Å². The van der Waals surface area contributed by atoms with Gasteiger partial charge in [-0.15, -0.1) is 0 Å². The minimum Gasteiger partial charge on any atom is -0.303 e. The first-order valence-electron chi connectivity index (χ1n) is 3.62. The Balaban J connectivity index is 3.19. The van der Waals surface area contributed by atoms with Crippen molar-refractivity contribution in [3.05, 3.63) is 0 Å². The minimum atomic E-state index is -0.117. The molecule has 1 radical (unpaired) electrons. The molecule has 0 spiro atoms. The van der Waals surface area contributed by atoms with Crippen LogP contribution in [0.3, 0.4) is 0 Å². The van der Waals surface area contributed by atoms with Crippen LogP contribution < -0.4 is 0 Å². The molecule has 0 atom stereocenters. The van der Waals surface area contributed by atoms with Crippen molar-refractivity contribution in [1.82, 2.24) is 0 Å². The number of rotatable bonds is 5. The van der Waals surface area contributed by atoms with Gasteiger partial charge in [-0.2, -0.15) is 0 Å². The molecule has 0 bridgehead atoms. The molecule has 0 heterocycles. The number of hydrogen-bond acceptors (Lipinski definition) is 1. The van der Waals surface area contributed by atoms with Crippen molar-refractivity contribution >= 4 is 15.1 Å². The molecule has 0 fully saturated rings. The smallest absolute Gasteiger partial charge is 0.119 e. The summed E-state index contributed by atoms with van der Waals surface area (Å²) in [6.07, 6.45) is 1.83. The van der Waals surface area contributed by atoms with Gasteiger partial charge in [-0.1, -0.05) is 32.0 Å². The van der Waals surface area contributed by atoms with Crippen LogP contribution in [0.15, 0.2) is 0 Å². The van der Waals surface area contributed by atoms with E-state index in [1.54, 1.807) is 0 Å². The van der Waals surface area contributed by atoms with E-state index in [1.165, 1.54) is 18.1 Å². The zero-order chi connectivity index (χ0) is 7.11. The van der Waals surface area contributed by atoms with Gasteiger partial charge in [0.2, 0.25) is 0 Å². The van der Waals surface area contributed by atoms with Gasteiger partial charge in [-0.05, 0) is 0 Å². The summed E-state index contributed by atoms with van der Waals surface area (Å²) in [5.41, 5.74) is 0. The molecule has 0 aliphatic heterocycles. The van der Waals surface area contributed by atoms with Crippen molar-refractivity contribution in [2.75, 3.05) is 0 Å². The fraction of sp³-hybridized carbons (Fsp3) is 0.857. The molecule has 53 valence electrons. The van der Waals surface area contributed by atoms with Gasteiger partial charge in [0, 0.05) is 15.2 Å². The van der Waals surface area contributed by atoms with Crippen LogP contribution in [0, 0.1) is 0 Å². The highest BCUT2D eigenvalue weighted by Crippen LogP contribution is 2.05. The Hall–Kier alpha value is -0.113. The molecule has 0 aliphatic rings. The molecule has 9 heavy (non-hydrogen) atoms. The zero-order valence-electron chi connectivity index (χ0n) is 6.31. The first-order chi connectivity index (χ1) is 4.35. The summed E-state index contributed by atoms with van der Waals surface area (Å²) in [6, 6.07) is 3.81. The highest BCUT2D eigenvalue weighted by Gasteiger charge is 2.03. The third-order valence-corrected chi connectivity index (χ3v) is 4.61. The fourth-order valence-corrected chi connectivity index (χ4v) is 2.60. The summed E-state index contributed by atoms with van der Waals surface area (Å²) in [4.78, 5) is 9.96. The third-order valence-electron chi connectivity index (χ3n) is 1.62. The van der Waals surface area contributed by atoms with Crippen LogP contribution in [0.5, 0.6) is 0 Å². The Morgan fingerprint density at radius 2 is 1.89 bits per heavy atom. The minimum absolute atomic E-state index is 0.117. The largest absolute Gasteiger partial charge is 0.303 e. The maximum atomic E-state index is 9.96. The van der Waals surface area contributed by atoms with E-state index in [2.05, 4.69) is 13.8 Å². The van der Waals surface area contributed by atoms with Gasteiger partial charge in [0.15, 0.2) is 0 Å². The van der Waals surface area contributed by atoms with Crippen molar-refractivity contribution in [2.24, 2.45) is 0 Å². The molecular formula is C7H15OSi. The number of carbonyl (C=O) groups is 1. The van der Waals surface area contributed by atoms with Crippen LogP contribution >= 0.6 is 0 Å². The van der Waals surface area contributed by atoms with E-state index in [9.17, 15) is 4.79 Å². The average molecular weight is 143 g/mol. The molecule has 0 saturated heterocycles. The van der Waals surface area contributed by atoms with Crippen LogP contribution in [0.4, 0.5) is 0 Å². The number of hydrogen-bond donors (Lipinski definition) is 0. The average Bonchev–Trinajstić information content (AvgIpc) is 1.91. The molecular weight excluding hydrogens is 128 g/mol. The predicted octanol–water partition coefficient (Wildman–Crippen LogP) is 2.11. The van der Waals surface area contributed by atoms with E-state index in [-0.39, 0.29) is 8.80 Å². The van der Waals surface area contributed by atoms with Gasteiger partial charge >= 0.3 is 0 Å². The molecule has 0 aromatic rings. The lowest BCUT2D eigenvalue weighted by Crippen LogP contribution is -2.07. The van der Waals surface area contributed by atoms with Crippen LogP contribution in [0.25, 0.3) is 0 Å². The molecule has 0 rings (SSSR count). The van der Waals surface area contributed by atoms with E-state index in [0.717, 1.165) is 12.7 Å². The van der Waals surface area contributed by atoms with Gasteiger partial charge in [0.05, 0.1) is 0 Å². The van der Waals surface area contributed by atoms with Gasteiger partial charge in [0.1, 0.15) is 6.29 Å². The van der Waals surface area contributed by atoms with Crippen molar-refractivity contribution in [1.29, 1.82) is 0 Å². The van der Waals surface area contributed by atoms with Crippen molar-refractivity contribution in [3.8, 4) is 0 Å². The lowest BCUT2D eigenvalue weighted by atomic mass is 10.6. The van der Waals surface area contributed by atoms with Crippen molar-refractivity contribution < 1.29 is 4.79 Å². The van der Waals surface area contributed by atoms with E-state index >= 15 is 0 Å². The quantitative estimate of drug-likeness (QED) is 0.425. The van der Waals surface area contributed by atoms with Crippen LogP contribution in [-0.2, 0) is 4.79 Å². The molecule has 0 N–H and O–H groups in total. The monoisotopic (exact) mass is 143 g/mol. The number of aldehydes is 1. The highest BCUT2D eigenvalue weighted by molar-refractivity contribution is 6.58. The molecule has 0 saturated carbocycles. The Bertz CT molecular complexity index is 69.3. The third kappa shape index (κ3) is 4.39.